The number of halogens is 1. The largest absolute Gasteiger partial charge is 0.475 e. The molecule has 0 saturated carbocycles. The number of likely N-dealkylation sites (N-methyl/N-ethyl adjacent to an activating group) is 1. The molecule has 0 saturated heterocycles. The molecule has 0 aliphatic rings. The summed E-state index contributed by atoms with van der Waals surface area (Å²) in [5.41, 5.74) is -0.166. The third-order valence-corrected chi connectivity index (χ3v) is 2.49. The first-order chi connectivity index (χ1) is 6.61. The molecule has 1 aromatic rings. The Morgan fingerprint density at radius 1 is 1.64 bits per heavy atom. The number of aromatic amines is 1. The number of rotatable bonds is 4. The lowest BCUT2D eigenvalue weighted by Crippen LogP contribution is -2.21. The molecule has 5 nitrogen and oxygen atoms in total. The van der Waals surface area contributed by atoms with Crippen molar-refractivity contribution in [3.63, 3.8) is 0 Å². The van der Waals surface area contributed by atoms with Crippen molar-refractivity contribution in [1.82, 2.24) is 14.9 Å². The van der Waals surface area contributed by atoms with E-state index in [2.05, 4.69) is 9.97 Å². The van der Waals surface area contributed by atoms with Crippen molar-refractivity contribution in [1.29, 1.82) is 0 Å². The normalized spacial score (nSPS) is 10.6. The maximum atomic E-state index is 11.1. The molecular formula is C8H12IN3O2. The van der Waals surface area contributed by atoms with E-state index in [-0.39, 0.29) is 5.56 Å². The van der Waals surface area contributed by atoms with Crippen molar-refractivity contribution in [2.75, 3.05) is 27.2 Å². The average molecular weight is 309 g/mol. The fourth-order valence-corrected chi connectivity index (χ4v) is 1.24. The van der Waals surface area contributed by atoms with Crippen LogP contribution in [-0.4, -0.2) is 42.1 Å². The topological polar surface area (TPSA) is 58.2 Å². The minimum Gasteiger partial charge on any atom is -0.475 e. The number of hydrogen-bond acceptors (Lipinski definition) is 4. The lowest BCUT2D eigenvalue weighted by Gasteiger charge is -2.10. The van der Waals surface area contributed by atoms with E-state index in [0.717, 1.165) is 6.54 Å². The standard InChI is InChI=1S/C8H12IN3O2/c1-12(2)3-4-14-8-6(9)7(13)10-5-11-8/h5H,3-4H2,1-2H3,(H,10,11,13). The number of nitrogens with one attached hydrogen (secondary N) is 1. The van der Waals surface area contributed by atoms with E-state index in [4.69, 9.17) is 4.74 Å². The van der Waals surface area contributed by atoms with Gasteiger partial charge >= 0.3 is 0 Å². The zero-order chi connectivity index (χ0) is 10.6. The molecule has 14 heavy (non-hydrogen) atoms. The van der Waals surface area contributed by atoms with Gasteiger partial charge in [-0.25, -0.2) is 4.98 Å². The second-order valence-electron chi connectivity index (χ2n) is 3.00. The molecule has 0 aromatic carbocycles. The molecule has 1 N–H and O–H groups in total. The van der Waals surface area contributed by atoms with E-state index in [1.54, 1.807) is 0 Å². The van der Waals surface area contributed by atoms with Crippen molar-refractivity contribution in [3.8, 4) is 5.88 Å². The van der Waals surface area contributed by atoms with Gasteiger partial charge < -0.3 is 14.6 Å². The Morgan fingerprint density at radius 2 is 2.36 bits per heavy atom. The van der Waals surface area contributed by atoms with Crippen LogP contribution < -0.4 is 10.3 Å². The molecule has 0 atom stereocenters. The summed E-state index contributed by atoms with van der Waals surface area (Å²) in [6, 6.07) is 0. The van der Waals surface area contributed by atoms with Crippen LogP contribution in [0, 0.1) is 3.57 Å². The van der Waals surface area contributed by atoms with Crippen molar-refractivity contribution in [2.24, 2.45) is 0 Å². The summed E-state index contributed by atoms with van der Waals surface area (Å²) >= 11 is 1.92. The smallest absolute Gasteiger partial charge is 0.268 e. The van der Waals surface area contributed by atoms with E-state index >= 15 is 0 Å². The molecule has 6 heteroatoms. The Morgan fingerprint density at radius 3 is 3.00 bits per heavy atom. The quantitative estimate of drug-likeness (QED) is 0.814. The molecule has 0 unspecified atom stereocenters. The number of H-pyrrole nitrogens is 1. The first-order valence-electron chi connectivity index (χ1n) is 4.12. The van der Waals surface area contributed by atoms with Crippen LogP contribution in [0.1, 0.15) is 0 Å². The SMILES string of the molecule is CN(C)CCOc1nc[nH]c(=O)c1I. The van der Waals surface area contributed by atoms with Gasteiger partial charge in [0.05, 0.1) is 6.33 Å². The summed E-state index contributed by atoms with van der Waals surface area (Å²) in [6.45, 7) is 1.32. The van der Waals surface area contributed by atoms with Gasteiger partial charge in [-0.1, -0.05) is 0 Å². The summed E-state index contributed by atoms with van der Waals surface area (Å²) in [7, 11) is 3.92. The van der Waals surface area contributed by atoms with Crippen molar-refractivity contribution >= 4 is 22.6 Å². The monoisotopic (exact) mass is 309 g/mol. The van der Waals surface area contributed by atoms with Gasteiger partial charge in [0, 0.05) is 6.54 Å². The zero-order valence-corrected chi connectivity index (χ0v) is 10.2. The lowest BCUT2D eigenvalue weighted by atomic mass is 10.6. The summed E-state index contributed by atoms with van der Waals surface area (Å²) in [5.74, 6) is 0.399. The Balaban J connectivity index is 2.59. The Bertz CT molecular complexity index is 351. The van der Waals surface area contributed by atoms with Gasteiger partial charge in [-0.05, 0) is 36.7 Å². The van der Waals surface area contributed by atoms with Crippen LogP contribution in [-0.2, 0) is 0 Å². The first kappa shape index (κ1) is 11.4. The number of ether oxygens (including phenoxy) is 1. The highest BCUT2D eigenvalue weighted by Crippen LogP contribution is 2.10. The van der Waals surface area contributed by atoms with E-state index in [9.17, 15) is 4.79 Å². The predicted molar refractivity (Wildman–Crippen MR) is 61.6 cm³/mol. The third kappa shape index (κ3) is 3.26. The highest BCUT2D eigenvalue weighted by molar-refractivity contribution is 14.1. The summed E-state index contributed by atoms with van der Waals surface area (Å²) < 4.78 is 5.84. The van der Waals surface area contributed by atoms with Crippen LogP contribution in [0.5, 0.6) is 5.88 Å². The molecule has 1 heterocycles. The zero-order valence-electron chi connectivity index (χ0n) is 8.08. The number of aromatic nitrogens is 2. The highest BCUT2D eigenvalue weighted by Gasteiger charge is 2.05. The van der Waals surface area contributed by atoms with Crippen molar-refractivity contribution < 1.29 is 4.74 Å². The van der Waals surface area contributed by atoms with Crippen LogP contribution in [0.15, 0.2) is 11.1 Å². The minimum absolute atomic E-state index is 0.166. The fraction of sp³-hybridized carbons (Fsp3) is 0.500. The van der Waals surface area contributed by atoms with Gasteiger partial charge in [-0.15, -0.1) is 0 Å². The van der Waals surface area contributed by atoms with Gasteiger partial charge in [0.1, 0.15) is 10.2 Å². The van der Waals surface area contributed by atoms with Gasteiger partial charge in [-0.3, -0.25) is 4.79 Å². The molecule has 0 aliphatic heterocycles. The molecule has 0 spiro atoms. The van der Waals surface area contributed by atoms with Crippen LogP contribution >= 0.6 is 22.6 Å². The molecule has 78 valence electrons. The van der Waals surface area contributed by atoms with E-state index in [1.165, 1.54) is 6.33 Å². The Labute approximate surface area is 95.6 Å². The summed E-state index contributed by atoms with van der Waals surface area (Å²) in [5, 5.41) is 0. The van der Waals surface area contributed by atoms with Gasteiger partial charge in [0.2, 0.25) is 5.88 Å². The minimum atomic E-state index is -0.166. The van der Waals surface area contributed by atoms with Crippen LogP contribution in [0.2, 0.25) is 0 Å². The Hall–Kier alpha value is -0.630. The second kappa shape index (κ2) is 5.30. The first-order valence-corrected chi connectivity index (χ1v) is 5.20. The van der Waals surface area contributed by atoms with Gasteiger partial charge in [-0.2, -0.15) is 0 Å². The van der Waals surface area contributed by atoms with Crippen LogP contribution in [0.3, 0.4) is 0 Å². The molecule has 0 amide bonds. The molecule has 1 aromatic heterocycles. The average Bonchev–Trinajstić information content (AvgIpc) is 2.12. The fourth-order valence-electron chi connectivity index (χ4n) is 0.792. The van der Waals surface area contributed by atoms with Crippen molar-refractivity contribution in [3.05, 3.63) is 20.3 Å². The second-order valence-corrected chi connectivity index (χ2v) is 4.08. The van der Waals surface area contributed by atoms with Crippen LogP contribution in [0.4, 0.5) is 0 Å². The van der Waals surface area contributed by atoms with Crippen molar-refractivity contribution in [2.45, 2.75) is 0 Å². The van der Waals surface area contributed by atoms with Gasteiger partial charge in [0.25, 0.3) is 5.56 Å². The predicted octanol–water partition coefficient (Wildman–Crippen LogP) is 0.315. The molecule has 0 aliphatic carbocycles. The highest BCUT2D eigenvalue weighted by atomic mass is 127. The summed E-state index contributed by atoms with van der Waals surface area (Å²) in [4.78, 5) is 19.6. The molecule has 0 radical (unpaired) electrons. The third-order valence-electron chi connectivity index (χ3n) is 1.54. The van der Waals surface area contributed by atoms with Gasteiger partial charge in [0.15, 0.2) is 0 Å². The maximum Gasteiger partial charge on any atom is 0.268 e. The Kier molecular flexibility index (Phi) is 4.33. The summed E-state index contributed by atoms with van der Waals surface area (Å²) in [6.07, 6.45) is 1.34. The van der Waals surface area contributed by atoms with Crippen LogP contribution in [0.25, 0.3) is 0 Å². The molecular weight excluding hydrogens is 297 g/mol. The van der Waals surface area contributed by atoms with E-state index < -0.39 is 0 Å². The number of nitrogens with zero attached hydrogens (tertiary/aromatic N) is 2. The lowest BCUT2D eigenvalue weighted by molar-refractivity contribution is 0.251. The van der Waals surface area contributed by atoms with E-state index in [1.807, 2.05) is 41.6 Å². The molecule has 1 rings (SSSR count). The van der Waals surface area contributed by atoms with E-state index in [0.29, 0.717) is 16.1 Å². The molecule has 0 bridgehead atoms. The molecule has 0 fully saturated rings. The maximum absolute atomic E-state index is 11.1. The number of hydrogen-bond donors (Lipinski definition) is 1.